The average molecular weight is 396 g/mol. The van der Waals surface area contributed by atoms with Gasteiger partial charge in [0.15, 0.2) is 0 Å². The second-order valence-corrected chi connectivity index (χ2v) is 8.49. The van der Waals surface area contributed by atoms with Crippen LogP contribution in [0.4, 0.5) is 0 Å². The fraction of sp³-hybridized carbons (Fsp3) is 0.478. The summed E-state index contributed by atoms with van der Waals surface area (Å²) in [5.74, 6) is 0.964. The van der Waals surface area contributed by atoms with Gasteiger partial charge in [0.05, 0.1) is 12.2 Å². The molecule has 1 saturated heterocycles. The summed E-state index contributed by atoms with van der Waals surface area (Å²) in [7, 11) is 3.51. The highest BCUT2D eigenvalue weighted by molar-refractivity contribution is 6.17. The number of hydrogen-bond donors (Lipinski definition) is 0. The van der Waals surface area contributed by atoms with Crippen molar-refractivity contribution in [3.05, 3.63) is 46.4 Å². The Balaban J connectivity index is 1.96. The first-order valence-corrected chi connectivity index (χ1v) is 10.3. The van der Waals surface area contributed by atoms with Crippen molar-refractivity contribution in [1.29, 1.82) is 0 Å². The number of benzene rings is 1. The molecule has 1 fully saturated rings. The van der Waals surface area contributed by atoms with Crippen LogP contribution in [0.25, 0.3) is 21.8 Å². The maximum Gasteiger partial charge on any atom is 0.275 e. The zero-order valence-electron chi connectivity index (χ0n) is 17.6. The highest BCUT2D eigenvalue weighted by Gasteiger charge is 2.29. The molecule has 0 aliphatic carbocycles. The molecule has 2 aromatic heterocycles. The molecule has 3 aromatic rings. The number of pyridine rings is 1. The number of ether oxygens (including phenoxy) is 1. The molecule has 1 aromatic carbocycles. The van der Waals surface area contributed by atoms with Gasteiger partial charge in [0.2, 0.25) is 0 Å². The number of likely N-dealkylation sites (tertiary alicyclic amines) is 1. The van der Waals surface area contributed by atoms with Crippen molar-refractivity contribution in [3.63, 3.8) is 0 Å². The fourth-order valence-corrected chi connectivity index (χ4v) is 4.85. The van der Waals surface area contributed by atoms with Gasteiger partial charge in [0, 0.05) is 56.3 Å². The summed E-state index contributed by atoms with van der Waals surface area (Å²) in [6.45, 7) is 6.74. The van der Waals surface area contributed by atoms with E-state index in [0.29, 0.717) is 36.1 Å². The minimum Gasteiger partial charge on any atom is -0.383 e. The number of para-hydroxylation sites is 1. The molecule has 29 heavy (non-hydrogen) atoms. The SMILES string of the molecule is COCCn1cc(C(=O)N2CC(C)CC(C)C2)c2c3ccccc3n(C)c2c1=O. The van der Waals surface area contributed by atoms with Crippen LogP contribution >= 0.6 is 0 Å². The predicted octanol–water partition coefficient (Wildman–Crippen LogP) is 3.26. The van der Waals surface area contributed by atoms with Gasteiger partial charge in [-0.25, -0.2) is 0 Å². The third-order valence-electron chi connectivity index (χ3n) is 6.05. The highest BCUT2D eigenvalue weighted by atomic mass is 16.5. The summed E-state index contributed by atoms with van der Waals surface area (Å²) >= 11 is 0. The minimum atomic E-state index is -0.0901. The summed E-state index contributed by atoms with van der Waals surface area (Å²) in [6, 6.07) is 7.90. The van der Waals surface area contributed by atoms with Crippen molar-refractivity contribution in [3.8, 4) is 0 Å². The Labute approximate surface area is 170 Å². The van der Waals surface area contributed by atoms with Gasteiger partial charge in [-0.05, 0) is 24.3 Å². The maximum atomic E-state index is 13.7. The van der Waals surface area contributed by atoms with Gasteiger partial charge in [0.1, 0.15) is 5.52 Å². The summed E-state index contributed by atoms with van der Waals surface area (Å²) in [5.41, 5.74) is 2.05. The first-order valence-electron chi connectivity index (χ1n) is 10.3. The number of methoxy groups -OCH3 is 1. The largest absolute Gasteiger partial charge is 0.383 e. The van der Waals surface area contributed by atoms with E-state index in [1.165, 1.54) is 0 Å². The van der Waals surface area contributed by atoms with Gasteiger partial charge in [-0.1, -0.05) is 32.0 Å². The lowest BCUT2D eigenvalue weighted by atomic mass is 9.91. The Morgan fingerprint density at radius 3 is 2.55 bits per heavy atom. The fourth-order valence-electron chi connectivity index (χ4n) is 4.85. The Morgan fingerprint density at radius 2 is 1.86 bits per heavy atom. The number of aryl methyl sites for hydroxylation is 1. The molecule has 0 saturated carbocycles. The van der Waals surface area contributed by atoms with E-state index in [1.807, 2.05) is 40.8 Å². The predicted molar refractivity (Wildman–Crippen MR) is 115 cm³/mol. The molecular weight excluding hydrogens is 366 g/mol. The zero-order chi connectivity index (χ0) is 20.7. The highest BCUT2D eigenvalue weighted by Crippen LogP contribution is 2.31. The summed E-state index contributed by atoms with van der Waals surface area (Å²) in [6.07, 6.45) is 2.88. The molecule has 0 radical (unpaired) electrons. The van der Waals surface area contributed by atoms with E-state index >= 15 is 0 Å². The van der Waals surface area contributed by atoms with Crippen molar-refractivity contribution in [2.75, 3.05) is 26.8 Å². The van der Waals surface area contributed by atoms with Crippen LogP contribution in [0, 0.1) is 11.8 Å². The summed E-state index contributed by atoms with van der Waals surface area (Å²) in [5, 5.41) is 1.71. The van der Waals surface area contributed by atoms with Crippen molar-refractivity contribution in [2.24, 2.45) is 18.9 Å². The maximum absolute atomic E-state index is 13.7. The van der Waals surface area contributed by atoms with E-state index in [-0.39, 0.29) is 11.5 Å². The van der Waals surface area contributed by atoms with Crippen molar-refractivity contribution >= 4 is 27.7 Å². The molecule has 1 aliphatic heterocycles. The number of amides is 1. The Bertz CT molecular complexity index is 1120. The van der Waals surface area contributed by atoms with Gasteiger partial charge < -0.3 is 18.8 Å². The third-order valence-corrected chi connectivity index (χ3v) is 6.05. The molecule has 3 heterocycles. The van der Waals surface area contributed by atoms with E-state index in [9.17, 15) is 9.59 Å². The quantitative estimate of drug-likeness (QED) is 0.681. The van der Waals surface area contributed by atoms with Crippen LogP contribution in [0.5, 0.6) is 0 Å². The van der Waals surface area contributed by atoms with Crippen LogP contribution in [0.2, 0.25) is 0 Å². The van der Waals surface area contributed by atoms with E-state index in [1.54, 1.807) is 17.9 Å². The zero-order valence-corrected chi connectivity index (χ0v) is 17.6. The topological polar surface area (TPSA) is 56.5 Å². The molecule has 6 heteroatoms. The lowest BCUT2D eigenvalue weighted by molar-refractivity contribution is 0.0624. The normalized spacial score (nSPS) is 19.9. The van der Waals surface area contributed by atoms with Gasteiger partial charge in [0.25, 0.3) is 11.5 Å². The Kier molecular flexibility index (Phi) is 5.21. The minimum absolute atomic E-state index is 0.0101. The van der Waals surface area contributed by atoms with Crippen molar-refractivity contribution in [2.45, 2.75) is 26.8 Å². The lowest BCUT2D eigenvalue weighted by Gasteiger charge is -2.35. The number of fused-ring (bicyclic) bond motifs is 3. The molecule has 0 spiro atoms. The molecule has 0 bridgehead atoms. The molecule has 1 aliphatic rings. The Hall–Kier alpha value is -2.60. The molecule has 1 amide bonds. The van der Waals surface area contributed by atoms with Crippen LogP contribution < -0.4 is 5.56 Å². The smallest absolute Gasteiger partial charge is 0.275 e. The second kappa shape index (κ2) is 7.67. The van der Waals surface area contributed by atoms with Crippen LogP contribution in [0.15, 0.2) is 35.3 Å². The van der Waals surface area contributed by atoms with Crippen LogP contribution in [0.3, 0.4) is 0 Å². The van der Waals surface area contributed by atoms with Crippen molar-refractivity contribution in [1.82, 2.24) is 14.0 Å². The number of carbonyl (C=O) groups is 1. The van der Waals surface area contributed by atoms with Gasteiger partial charge in [-0.15, -0.1) is 0 Å². The number of hydrogen-bond acceptors (Lipinski definition) is 3. The first kappa shape index (κ1) is 19.7. The van der Waals surface area contributed by atoms with E-state index < -0.39 is 0 Å². The summed E-state index contributed by atoms with van der Waals surface area (Å²) < 4.78 is 8.72. The van der Waals surface area contributed by atoms with E-state index in [4.69, 9.17) is 4.74 Å². The number of carbonyl (C=O) groups excluding carboxylic acids is 1. The lowest BCUT2D eigenvalue weighted by Crippen LogP contribution is -2.43. The number of piperidine rings is 1. The number of aromatic nitrogens is 2. The molecule has 0 N–H and O–H groups in total. The molecule has 2 atom stereocenters. The van der Waals surface area contributed by atoms with Crippen LogP contribution in [-0.4, -0.2) is 46.7 Å². The van der Waals surface area contributed by atoms with Gasteiger partial charge in [-0.3, -0.25) is 9.59 Å². The average Bonchev–Trinajstić information content (AvgIpc) is 3.00. The molecule has 6 nitrogen and oxygen atoms in total. The van der Waals surface area contributed by atoms with Gasteiger partial charge >= 0.3 is 0 Å². The van der Waals surface area contributed by atoms with Crippen molar-refractivity contribution < 1.29 is 9.53 Å². The first-order chi connectivity index (χ1) is 13.9. The molecule has 154 valence electrons. The molecule has 2 unspecified atom stereocenters. The second-order valence-electron chi connectivity index (χ2n) is 8.49. The van der Waals surface area contributed by atoms with E-state index in [2.05, 4.69) is 13.8 Å². The molecular formula is C23H29N3O3. The molecule has 4 rings (SSSR count). The number of nitrogens with zero attached hydrogens (tertiary/aromatic N) is 3. The summed E-state index contributed by atoms with van der Waals surface area (Å²) in [4.78, 5) is 28.9. The van der Waals surface area contributed by atoms with Gasteiger partial charge in [-0.2, -0.15) is 0 Å². The van der Waals surface area contributed by atoms with Crippen LogP contribution in [-0.2, 0) is 18.3 Å². The number of rotatable bonds is 4. The third kappa shape index (κ3) is 3.35. The monoisotopic (exact) mass is 395 g/mol. The standard InChI is InChI=1S/C23H29N3O3/c1-15-11-16(2)13-26(12-15)22(27)18-14-25(9-10-29-4)23(28)21-20(18)17-7-5-6-8-19(17)24(21)3/h5-8,14-16H,9-13H2,1-4H3. The van der Waals surface area contributed by atoms with E-state index in [0.717, 1.165) is 35.8 Å². The van der Waals surface area contributed by atoms with Crippen LogP contribution in [0.1, 0.15) is 30.6 Å². The Morgan fingerprint density at radius 1 is 1.17 bits per heavy atom.